The summed E-state index contributed by atoms with van der Waals surface area (Å²) >= 11 is 0. The van der Waals surface area contributed by atoms with Gasteiger partial charge in [0.1, 0.15) is 12.0 Å². The Morgan fingerprint density at radius 1 is 1.17 bits per heavy atom. The van der Waals surface area contributed by atoms with Crippen LogP contribution in [0, 0.1) is 0 Å². The average molecular weight is 252 g/mol. The van der Waals surface area contributed by atoms with Crippen molar-refractivity contribution >= 4 is 6.29 Å². The third-order valence-corrected chi connectivity index (χ3v) is 2.23. The van der Waals surface area contributed by atoms with E-state index in [1.54, 1.807) is 18.2 Å². The van der Waals surface area contributed by atoms with Crippen LogP contribution in [0.5, 0.6) is 0 Å². The summed E-state index contributed by atoms with van der Waals surface area (Å²) in [7, 11) is 0. The van der Waals surface area contributed by atoms with Gasteiger partial charge in [0.2, 0.25) is 0 Å². The molecular weight excluding hydrogens is 245 g/mol. The van der Waals surface area contributed by atoms with Gasteiger partial charge in [0.25, 0.3) is 0 Å². The molecule has 0 radical (unpaired) electrons. The highest BCUT2D eigenvalue weighted by molar-refractivity contribution is 5.77. The molecule has 2 rings (SSSR count). The Balaban J connectivity index is 2.47. The lowest BCUT2D eigenvalue weighted by molar-refractivity contribution is -0.141. The quantitative estimate of drug-likeness (QED) is 0.771. The molecule has 0 atom stereocenters. The fraction of sp³-hybridized carbons (Fsp3) is 0.0833. The summed E-state index contributed by atoms with van der Waals surface area (Å²) in [4.78, 5) is 17.8. The lowest BCUT2D eigenvalue weighted by Crippen LogP contribution is -2.09. The molecule has 0 aliphatic carbocycles. The van der Waals surface area contributed by atoms with Crippen LogP contribution in [-0.2, 0) is 6.18 Å². The van der Waals surface area contributed by atoms with Crippen LogP contribution in [0.3, 0.4) is 0 Å². The third kappa shape index (κ3) is 2.53. The van der Waals surface area contributed by atoms with E-state index in [4.69, 9.17) is 0 Å². The predicted octanol–water partition coefficient (Wildman–Crippen LogP) is 2.97. The van der Waals surface area contributed by atoms with Crippen LogP contribution in [-0.4, -0.2) is 16.3 Å². The first-order valence-corrected chi connectivity index (χ1v) is 4.96. The van der Waals surface area contributed by atoms with Crippen molar-refractivity contribution < 1.29 is 18.0 Å². The Hall–Kier alpha value is -2.24. The highest BCUT2D eigenvalue weighted by atomic mass is 19.4. The molecule has 3 nitrogen and oxygen atoms in total. The molecular formula is C12H7F3N2O. The number of benzene rings is 1. The molecule has 1 aromatic carbocycles. The number of nitrogens with zero attached hydrogens (tertiary/aromatic N) is 2. The summed E-state index contributed by atoms with van der Waals surface area (Å²) in [6.45, 7) is 0. The van der Waals surface area contributed by atoms with E-state index in [1.807, 2.05) is 0 Å². The van der Waals surface area contributed by atoms with Crippen LogP contribution < -0.4 is 0 Å². The number of rotatable bonds is 2. The first kappa shape index (κ1) is 12.2. The number of aromatic nitrogens is 2. The van der Waals surface area contributed by atoms with Crippen molar-refractivity contribution in [3.05, 3.63) is 47.8 Å². The first-order valence-electron chi connectivity index (χ1n) is 4.96. The van der Waals surface area contributed by atoms with Gasteiger partial charge in [-0.25, -0.2) is 9.97 Å². The van der Waals surface area contributed by atoms with E-state index in [-0.39, 0.29) is 5.82 Å². The summed E-state index contributed by atoms with van der Waals surface area (Å²) in [5.74, 6) is -0.0616. The van der Waals surface area contributed by atoms with Gasteiger partial charge in [0.05, 0.1) is 0 Å². The maximum atomic E-state index is 12.5. The van der Waals surface area contributed by atoms with Gasteiger partial charge in [0, 0.05) is 17.3 Å². The number of aldehydes is 1. The van der Waals surface area contributed by atoms with Crippen molar-refractivity contribution in [2.24, 2.45) is 0 Å². The zero-order valence-electron chi connectivity index (χ0n) is 8.98. The standard InChI is InChI=1S/C12H7F3N2O/c13-12(14,15)10-4-5-16-11(17-10)9-3-1-2-8(6-9)7-18/h1-7H. The van der Waals surface area contributed by atoms with Gasteiger partial charge in [-0.15, -0.1) is 0 Å². The van der Waals surface area contributed by atoms with Crippen LogP contribution in [0.25, 0.3) is 11.4 Å². The molecule has 0 saturated heterocycles. The fourth-order valence-electron chi connectivity index (χ4n) is 1.41. The fourth-order valence-corrected chi connectivity index (χ4v) is 1.41. The number of carbonyl (C=O) groups is 1. The predicted molar refractivity (Wildman–Crippen MR) is 57.9 cm³/mol. The minimum Gasteiger partial charge on any atom is -0.298 e. The number of carbonyl (C=O) groups excluding carboxylic acids is 1. The highest BCUT2D eigenvalue weighted by Crippen LogP contribution is 2.28. The number of hydrogen-bond donors (Lipinski definition) is 0. The Morgan fingerprint density at radius 3 is 2.61 bits per heavy atom. The molecule has 0 fully saturated rings. The van der Waals surface area contributed by atoms with Crippen LogP contribution in [0.1, 0.15) is 16.1 Å². The highest BCUT2D eigenvalue weighted by Gasteiger charge is 2.32. The largest absolute Gasteiger partial charge is 0.433 e. The molecule has 0 bridgehead atoms. The van der Waals surface area contributed by atoms with Crippen LogP contribution in [0.4, 0.5) is 13.2 Å². The Labute approximate surface area is 100 Å². The molecule has 0 N–H and O–H groups in total. The lowest BCUT2D eigenvalue weighted by Gasteiger charge is -2.07. The summed E-state index contributed by atoms with van der Waals surface area (Å²) in [5.41, 5.74) is -0.289. The molecule has 1 heterocycles. The molecule has 2 aromatic rings. The van der Waals surface area contributed by atoms with Gasteiger partial charge >= 0.3 is 6.18 Å². The Morgan fingerprint density at radius 2 is 1.94 bits per heavy atom. The van der Waals surface area contributed by atoms with Crippen molar-refractivity contribution in [2.75, 3.05) is 0 Å². The first-order chi connectivity index (χ1) is 8.50. The van der Waals surface area contributed by atoms with Gasteiger partial charge < -0.3 is 0 Å². The summed E-state index contributed by atoms with van der Waals surface area (Å²) < 4.78 is 37.4. The Kier molecular flexibility index (Phi) is 3.10. The maximum absolute atomic E-state index is 12.5. The second kappa shape index (κ2) is 4.56. The molecule has 0 spiro atoms. The van der Waals surface area contributed by atoms with E-state index in [2.05, 4.69) is 9.97 Å². The molecule has 1 aromatic heterocycles. The summed E-state index contributed by atoms with van der Waals surface area (Å²) in [6, 6.07) is 6.88. The second-order valence-corrected chi connectivity index (χ2v) is 3.51. The average Bonchev–Trinajstić information content (AvgIpc) is 2.38. The molecule has 0 unspecified atom stereocenters. The molecule has 0 aliphatic rings. The summed E-state index contributed by atoms with van der Waals surface area (Å²) in [6.07, 6.45) is -2.87. The third-order valence-electron chi connectivity index (χ3n) is 2.23. The minimum atomic E-state index is -4.51. The van der Waals surface area contributed by atoms with Gasteiger partial charge in [-0.05, 0) is 12.1 Å². The minimum absolute atomic E-state index is 0.0616. The van der Waals surface area contributed by atoms with Crippen LogP contribution in [0.15, 0.2) is 36.5 Å². The molecule has 18 heavy (non-hydrogen) atoms. The zero-order chi connectivity index (χ0) is 13.2. The van der Waals surface area contributed by atoms with E-state index in [0.717, 1.165) is 12.3 Å². The van der Waals surface area contributed by atoms with E-state index in [1.165, 1.54) is 6.07 Å². The molecule has 92 valence electrons. The van der Waals surface area contributed by atoms with Gasteiger partial charge in [-0.3, -0.25) is 4.79 Å². The number of halogens is 3. The Bertz CT molecular complexity index is 582. The van der Waals surface area contributed by atoms with E-state index in [9.17, 15) is 18.0 Å². The topological polar surface area (TPSA) is 42.9 Å². The summed E-state index contributed by atoms with van der Waals surface area (Å²) in [5, 5.41) is 0. The van der Waals surface area contributed by atoms with E-state index < -0.39 is 11.9 Å². The lowest BCUT2D eigenvalue weighted by atomic mass is 10.1. The zero-order valence-corrected chi connectivity index (χ0v) is 8.98. The molecule has 0 aliphatic heterocycles. The van der Waals surface area contributed by atoms with Crippen molar-refractivity contribution in [3.63, 3.8) is 0 Å². The van der Waals surface area contributed by atoms with Crippen LogP contribution >= 0.6 is 0 Å². The number of hydrogen-bond acceptors (Lipinski definition) is 3. The van der Waals surface area contributed by atoms with Gasteiger partial charge in [0.15, 0.2) is 5.82 Å². The maximum Gasteiger partial charge on any atom is 0.433 e. The monoisotopic (exact) mass is 252 g/mol. The molecule has 0 saturated carbocycles. The normalized spacial score (nSPS) is 11.3. The van der Waals surface area contributed by atoms with Gasteiger partial charge in [-0.2, -0.15) is 13.2 Å². The van der Waals surface area contributed by atoms with Crippen LogP contribution in [0.2, 0.25) is 0 Å². The van der Waals surface area contributed by atoms with E-state index >= 15 is 0 Å². The smallest absolute Gasteiger partial charge is 0.298 e. The molecule has 6 heteroatoms. The second-order valence-electron chi connectivity index (χ2n) is 3.51. The number of alkyl halides is 3. The van der Waals surface area contributed by atoms with Crippen molar-refractivity contribution in [1.82, 2.24) is 9.97 Å². The van der Waals surface area contributed by atoms with Crippen molar-refractivity contribution in [1.29, 1.82) is 0 Å². The van der Waals surface area contributed by atoms with Gasteiger partial charge in [-0.1, -0.05) is 18.2 Å². The molecule has 0 amide bonds. The van der Waals surface area contributed by atoms with Crippen molar-refractivity contribution in [3.8, 4) is 11.4 Å². The van der Waals surface area contributed by atoms with Crippen molar-refractivity contribution in [2.45, 2.75) is 6.18 Å². The van der Waals surface area contributed by atoms with E-state index in [0.29, 0.717) is 17.4 Å². The SMILES string of the molecule is O=Cc1cccc(-c2nccc(C(F)(F)F)n2)c1.